The highest BCUT2D eigenvalue weighted by molar-refractivity contribution is 8.01. The van der Waals surface area contributed by atoms with Crippen LogP contribution in [0.15, 0.2) is 71.1 Å². The molecule has 162 valence electrons. The first-order chi connectivity index (χ1) is 15.5. The van der Waals surface area contributed by atoms with Crippen molar-refractivity contribution in [3.63, 3.8) is 0 Å². The van der Waals surface area contributed by atoms with Crippen molar-refractivity contribution in [1.82, 2.24) is 4.98 Å². The summed E-state index contributed by atoms with van der Waals surface area (Å²) in [5, 5.41) is 8.58. The third-order valence-electron chi connectivity index (χ3n) is 4.64. The highest BCUT2D eigenvalue weighted by Gasteiger charge is 2.11. The largest absolute Gasteiger partial charge is 0.325 e. The Morgan fingerprint density at radius 3 is 2.47 bits per heavy atom. The number of amides is 3. The van der Waals surface area contributed by atoms with Gasteiger partial charge in [0.2, 0.25) is 5.91 Å². The van der Waals surface area contributed by atoms with Crippen molar-refractivity contribution in [1.29, 1.82) is 0 Å². The highest BCUT2D eigenvalue weighted by atomic mass is 32.2. The second-order valence-electron chi connectivity index (χ2n) is 7.26. The number of benzene rings is 3. The van der Waals surface area contributed by atoms with E-state index in [2.05, 4.69) is 20.9 Å². The molecule has 6 nitrogen and oxygen atoms in total. The zero-order chi connectivity index (χ0) is 22.5. The van der Waals surface area contributed by atoms with Crippen LogP contribution >= 0.6 is 23.1 Å². The molecule has 4 aromatic rings. The van der Waals surface area contributed by atoms with Crippen LogP contribution in [0.25, 0.3) is 10.2 Å². The molecule has 0 aliphatic heterocycles. The molecule has 3 amide bonds. The molecule has 3 N–H and O–H groups in total. The number of para-hydroxylation sites is 1. The van der Waals surface area contributed by atoms with Crippen molar-refractivity contribution in [2.24, 2.45) is 0 Å². The Balaban J connectivity index is 1.35. The van der Waals surface area contributed by atoms with Gasteiger partial charge in [-0.15, -0.1) is 11.3 Å². The van der Waals surface area contributed by atoms with Crippen molar-refractivity contribution in [2.45, 2.75) is 18.2 Å². The maximum Gasteiger partial charge on any atom is 0.323 e. The average Bonchev–Trinajstić information content (AvgIpc) is 3.17. The number of carbonyl (C=O) groups is 2. The van der Waals surface area contributed by atoms with Crippen molar-refractivity contribution in [2.75, 3.05) is 21.7 Å². The second kappa shape index (κ2) is 9.84. The number of fused-ring (bicyclic) bond motifs is 1. The SMILES string of the molecule is Cc1ccc(NC(=O)CSc2nc3ccc(NC(=O)Nc4ccccc4)cc3s2)c(C)c1. The molecular formula is C24H22N4O2S2. The lowest BCUT2D eigenvalue weighted by Crippen LogP contribution is -2.19. The first kappa shape index (κ1) is 21.9. The van der Waals surface area contributed by atoms with E-state index in [1.54, 1.807) is 0 Å². The van der Waals surface area contributed by atoms with Crippen LogP contribution in [-0.4, -0.2) is 22.7 Å². The van der Waals surface area contributed by atoms with Gasteiger partial charge in [0.15, 0.2) is 4.34 Å². The summed E-state index contributed by atoms with van der Waals surface area (Å²) in [5.74, 6) is 0.207. The molecule has 0 saturated heterocycles. The Hall–Kier alpha value is -3.36. The van der Waals surface area contributed by atoms with E-state index >= 15 is 0 Å². The van der Waals surface area contributed by atoms with Gasteiger partial charge in [-0.2, -0.15) is 0 Å². The maximum absolute atomic E-state index is 12.4. The van der Waals surface area contributed by atoms with Gasteiger partial charge in [0.25, 0.3) is 0 Å². The van der Waals surface area contributed by atoms with Crippen LogP contribution in [-0.2, 0) is 4.79 Å². The normalized spacial score (nSPS) is 10.7. The molecule has 8 heteroatoms. The van der Waals surface area contributed by atoms with Crippen LogP contribution in [0.5, 0.6) is 0 Å². The minimum absolute atomic E-state index is 0.0684. The zero-order valence-corrected chi connectivity index (χ0v) is 19.3. The number of hydrogen-bond acceptors (Lipinski definition) is 5. The van der Waals surface area contributed by atoms with E-state index in [4.69, 9.17) is 0 Å². The Bertz CT molecular complexity index is 1270. The fourth-order valence-corrected chi connectivity index (χ4v) is 5.03. The smallest absolute Gasteiger partial charge is 0.323 e. The number of nitrogens with one attached hydrogen (secondary N) is 3. The van der Waals surface area contributed by atoms with Crippen LogP contribution in [0.2, 0.25) is 0 Å². The molecule has 1 aromatic heterocycles. The maximum atomic E-state index is 12.4. The lowest BCUT2D eigenvalue weighted by Gasteiger charge is -2.08. The van der Waals surface area contributed by atoms with Crippen molar-refractivity contribution >= 4 is 62.3 Å². The number of carbonyl (C=O) groups excluding carboxylic acids is 2. The number of hydrogen-bond donors (Lipinski definition) is 3. The third kappa shape index (κ3) is 5.66. The summed E-state index contributed by atoms with van der Waals surface area (Å²) in [6, 6.07) is 20.5. The number of thiazole rings is 1. The summed E-state index contributed by atoms with van der Waals surface area (Å²) in [7, 11) is 0. The number of nitrogens with zero attached hydrogens (tertiary/aromatic N) is 1. The number of urea groups is 1. The quantitative estimate of drug-likeness (QED) is 0.294. The predicted octanol–water partition coefficient (Wildman–Crippen LogP) is 6.29. The fraction of sp³-hybridized carbons (Fsp3) is 0.125. The zero-order valence-electron chi connectivity index (χ0n) is 17.6. The van der Waals surface area contributed by atoms with E-state index in [1.807, 2.05) is 80.6 Å². The van der Waals surface area contributed by atoms with Gasteiger partial charge in [-0.1, -0.05) is 47.7 Å². The van der Waals surface area contributed by atoms with Crippen LogP contribution in [0.3, 0.4) is 0 Å². The standard InChI is InChI=1S/C24H22N4O2S2/c1-15-8-10-19(16(2)12-15)27-22(29)14-31-24-28-20-11-9-18(13-21(20)32-24)26-23(30)25-17-6-4-3-5-7-17/h3-13H,14H2,1-2H3,(H,27,29)(H2,25,26,30). The molecule has 0 bridgehead atoms. The van der Waals surface area contributed by atoms with Crippen molar-refractivity contribution in [3.8, 4) is 0 Å². The molecule has 1 heterocycles. The Morgan fingerprint density at radius 1 is 0.906 bits per heavy atom. The molecule has 3 aromatic carbocycles. The molecule has 32 heavy (non-hydrogen) atoms. The molecule has 0 radical (unpaired) electrons. The molecule has 0 fully saturated rings. The molecule has 0 aliphatic carbocycles. The van der Waals surface area contributed by atoms with Gasteiger partial charge in [0.05, 0.1) is 16.0 Å². The number of aryl methyl sites for hydroxylation is 2. The van der Waals surface area contributed by atoms with Crippen LogP contribution in [0.4, 0.5) is 21.9 Å². The molecule has 4 rings (SSSR count). The molecule has 0 unspecified atom stereocenters. The van der Waals surface area contributed by atoms with E-state index in [0.717, 1.165) is 37.1 Å². The van der Waals surface area contributed by atoms with Gasteiger partial charge in [-0.3, -0.25) is 4.79 Å². The highest BCUT2D eigenvalue weighted by Crippen LogP contribution is 2.31. The van der Waals surface area contributed by atoms with Gasteiger partial charge < -0.3 is 16.0 Å². The summed E-state index contributed by atoms with van der Waals surface area (Å²) < 4.78 is 1.75. The lowest BCUT2D eigenvalue weighted by atomic mass is 10.1. The Kier molecular flexibility index (Phi) is 6.72. The summed E-state index contributed by atoms with van der Waals surface area (Å²) in [6.45, 7) is 4.01. The third-order valence-corrected chi connectivity index (χ3v) is 6.80. The first-order valence-corrected chi connectivity index (χ1v) is 11.8. The number of aromatic nitrogens is 1. The van der Waals surface area contributed by atoms with Crippen LogP contribution in [0, 0.1) is 13.8 Å². The molecule has 0 spiro atoms. The van der Waals surface area contributed by atoms with Gasteiger partial charge >= 0.3 is 6.03 Å². The summed E-state index contributed by atoms with van der Waals surface area (Å²) >= 11 is 2.90. The van der Waals surface area contributed by atoms with E-state index in [1.165, 1.54) is 23.1 Å². The monoisotopic (exact) mass is 462 g/mol. The topological polar surface area (TPSA) is 83.1 Å². The summed E-state index contributed by atoms with van der Waals surface area (Å²) in [4.78, 5) is 29.1. The number of thioether (sulfide) groups is 1. The number of rotatable bonds is 6. The molecule has 0 aliphatic rings. The van der Waals surface area contributed by atoms with Crippen molar-refractivity contribution in [3.05, 3.63) is 77.9 Å². The minimum Gasteiger partial charge on any atom is -0.325 e. The minimum atomic E-state index is -0.308. The number of anilines is 3. The molecule has 0 saturated carbocycles. The van der Waals surface area contributed by atoms with E-state index < -0.39 is 0 Å². The second-order valence-corrected chi connectivity index (χ2v) is 9.52. The lowest BCUT2D eigenvalue weighted by molar-refractivity contribution is -0.113. The van der Waals surface area contributed by atoms with Gasteiger partial charge in [0, 0.05) is 17.1 Å². The van der Waals surface area contributed by atoms with Crippen LogP contribution < -0.4 is 16.0 Å². The Morgan fingerprint density at radius 2 is 1.69 bits per heavy atom. The van der Waals surface area contributed by atoms with Gasteiger partial charge in [-0.05, 0) is 55.8 Å². The van der Waals surface area contributed by atoms with E-state index in [-0.39, 0.29) is 17.7 Å². The first-order valence-electron chi connectivity index (χ1n) is 10.00. The molecule has 0 atom stereocenters. The average molecular weight is 463 g/mol. The predicted molar refractivity (Wildman–Crippen MR) is 134 cm³/mol. The van der Waals surface area contributed by atoms with Crippen molar-refractivity contribution < 1.29 is 9.59 Å². The van der Waals surface area contributed by atoms with Gasteiger partial charge in [0.1, 0.15) is 0 Å². The fourth-order valence-electron chi connectivity index (χ4n) is 3.13. The van der Waals surface area contributed by atoms with E-state index in [0.29, 0.717) is 5.69 Å². The van der Waals surface area contributed by atoms with Crippen LogP contribution in [0.1, 0.15) is 11.1 Å². The Labute approximate surface area is 194 Å². The van der Waals surface area contributed by atoms with E-state index in [9.17, 15) is 9.59 Å². The van der Waals surface area contributed by atoms with Gasteiger partial charge in [-0.25, -0.2) is 9.78 Å². The summed E-state index contributed by atoms with van der Waals surface area (Å²) in [5.41, 5.74) is 5.27. The molecular weight excluding hydrogens is 440 g/mol. The summed E-state index contributed by atoms with van der Waals surface area (Å²) in [6.07, 6.45) is 0.